The van der Waals surface area contributed by atoms with Crippen LogP contribution in [0.25, 0.3) is 0 Å². The van der Waals surface area contributed by atoms with Crippen LogP contribution in [0.4, 0.5) is 0 Å². The standard InChI is InChI=1S/C17H23N3O3S/c1-3-20(4-2)24(22,23)16-7-5-15(6-8-16)17(21)19-12-10-14-9-11-18-13-14/h5-9,11,13,18H,3-4,10,12H2,1-2H3,(H,19,21). The van der Waals surface area contributed by atoms with E-state index in [1.165, 1.54) is 16.4 Å². The number of aromatic nitrogens is 1. The zero-order valence-electron chi connectivity index (χ0n) is 14.0. The van der Waals surface area contributed by atoms with Gasteiger partial charge in [-0.05, 0) is 42.3 Å². The molecular formula is C17H23N3O3S. The predicted octanol–water partition coefficient (Wildman–Crippen LogP) is 2.02. The Morgan fingerprint density at radius 1 is 1.12 bits per heavy atom. The van der Waals surface area contributed by atoms with Crippen LogP contribution < -0.4 is 5.32 Å². The van der Waals surface area contributed by atoms with E-state index in [0.29, 0.717) is 25.2 Å². The third kappa shape index (κ3) is 4.24. The molecule has 7 heteroatoms. The minimum Gasteiger partial charge on any atom is -0.367 e. The number of sulfonamides is 1. The Kier molecular flexibility index (Phi) is 6.16. The maximum absolute atomic E-state index is 12.4. The van der Waals surface area contributed by atoms with E-state index in [2.05, 4.69) is 10.3 Å². The van der Waals surface area contributed by atoms with Gasteiger partial charge >= 0.3 is 0 Å². The number of nitrogens with zero attached hydrogens (tertiary/aromatic N) is 1. The van der Waals surface area contributed by atoms with Crippen molar-refractivity contribution >= 4 is 15.9 Å². The van der Waals surface area contributed by atoms with Gasteiger partial charge in [0.25, 0.3) is 5.91 Å². The van der Waals surface area contributed by atoms with Crippen molar-refractivity contribution in [2.75, 3.05) is 19.6 Å². The first kappa shape index (κ1) is 18.2. The minimum absolute atomic E-state index is 0.204. The van der Waals surface area contributed by atoms with Gasteiger partial charge in [0.2, 0.25) is 10.0 Å². The van der Waals surface area contributed by atoms with Gasteiger partial charge < -0.3 is 10.3 Å². The Morgan fingerprint density at radius 3 is 2.33 bits per heavy atom. The van der Waals surface area contributed by atoms with Gasteiger partial charge in [-0.25, -0.2) is 8.42 Å². The smallest absolute Gasteiger partial charge is 0.251 e. The topological polar surface area (TPSA) is 82.3 Å². The molecule has 2 aromatic rings. The summed E-state index contributed by atoms with van der Waals surface area (Å²) in [6.45, 7) is 4.96. The number of aromatic amines is 1. The molecule has 0 aliphatic heterocycles. The lowest BCUT2D eigenvalue weighted by atomic mass is 10.2. The molecule has 1 amide bonds. The van der Waals surface area contributed by atoms with Crippen LogP contribution in [0.3, 0.4) is 0 Å². The Bertz CT molecular complexity index is 749. The molecule has 24 heavy (non-hydrogen) atoms. The van der Waals surface area contributed by atoms with E-state index in [0.717, 1.165) is 12.0 Å². The normalized spacial score (nSPS) is 11.6. The van der Waals surface area contributed by atoms with Gasteiger partial charge in [0.1, 0.15) is 0 Å². The highest BCUT2D eigenvalue weighted by molar-refractivity contribution is 7.89. The van der Waals surface area contributed by atoms with E-state index in [1.54, 1.807) is 26.0 Å². The summed E-state index contributed by atoms with van der Waals surface area (Å²) in [5.41, 5.74) is 1.57. The highest BCUT2D eigenvalue weighted by Crippen LogP contribution is 2.16. The average Bonchev–Trinajstić information content (AvgIpc) is 3.09. The number of carbonyl (C=O) groups is 1. The summed E-state index contributed by atoms with van der Waals surface area (Å²) in [4.78, 5) is 15.3. The molecule has 130 valence electrons. The fourth-order valence-corrected chi connectivity index (χ4v) is 3.89. The van der Waals surface area contributed by atoms with Crippen LogP contribution in [0.5, 0.6) is 0 Å². The Balaban J connectivity index is 1.99. The molecule has 2 rings (SSSR count). The third-order valence-electron chi connectivity index (χ3n) is 3.82. The lowest BCUT2D eigenvalue weighted by Crippen LogP contribution is -2.30. The molecule has 0 saturated heterocycles. The van der Waals surface area contributed by atoms with E-state index >= 15 is 0 Å². The minimum atomic E-state index is -3.49. The fourth-order valence-electron chi connectivity index (χ4n) is 2.43. The predicted molar refractivity (Wildman–Crippen MR) is 93.4 cm³/mol. The molecular weight excluding hydrogens is 326 g/mol. The van der Waals surface area contributed by atoms with Gasteiger partial charge in [0, 0.05) is 37.6 Å². The van der Waals surface area contributed by atoms with Crippen LogP contribution in [-0.2, 0) is 16.4 Å². The molecule has 6 nitrogen and oxygen atoms in total. The van der Waals surface area contributed by atoms with Crippen molar-refractivity contribution < 1.29 is 13.2 Å². The van der Waals surface area contributed by atoms with Crippen LogP contribution in [0.15, 0.2) is 47.6 Å². The van der Waals surface area contributed by atoms with Crippen LogP contribution in [0, 0.1) is 0 Å². The molecule has 0 atom stereocenters. The number of benzene rings is 1. The van der Waals surface area contributed by atoms with E-state index in [1.807, 2.05) is 18.5 Å². The summed E-state index contributed by atoms with van der Waals surface area (Å²) in [7, 11) is -3.49. The molecule has 0 radical (unpaired) electrons. The number of carbonyl (C=O) groups excluding carboxylic acids is 1. The summed E-state index contributed by atoms with van der Waals surface area (Å²) in [6, 6.07) is 8.01. The molecule has 0 aliphatic carbocycles. The second-order valence-electron chi connectivity index (χ2n) is 5.34. The number of hydrogen-bond donors (Lipinski definition) is 2. The molecule has 2 N–H and O–H groups in total. The number of amides is 1. The number of nitrogens with one attached hydrogen (secondary N) is 2. The third-order valence-corrected chi connectivity index (χ3v) is 5.89. The molecule has 0 bridgehead atoms. The monoisotopic (exact) mass is 349 g/mol. The molecule has 1 heterocycles. The van der Waals surface area contributed by atoms with Gasteiger partial charge in [-0.1, -0.05) is 13.8 Å². The van der Waals surface area contributed by atoms with Gasteiger partial charge in [-0.3, -0.25) is 4.79 Å². The van der Waals surface area contributed by atoms with Gasteiger partial charge in [0.15, 0.2) is 0 Å². The van der Waals surface area contributed by atoms with E-state index < -0.39 is 10.0 Å². The molecule has 0 fully saturated rings. The summed E-state index contributed by atoms with van der Waals surface area (Å²) in [5, 5.41) is 2.83. The van der Waals surface area contributed by atoms with Crippen molar-refractivity contribution in [1.82, 2.24) is 14.6 Å². The summed E-state index contributed by atoms with van der Waals surface area (Å²) >= 11 is 0. The number of hydrogen-bond acceptors (Lipinski definition) is 3. The van der Waals surface area contributed by atoms with Crippen molar-refractivity contribution in [2.24, 2.45) is 0 Å². The molecule has 1 aromatic heterocycles. The highest BCUT2D eigenvalue weighted by atomic mass is 32.2. The zero-order valence-corrected chi connectivity index (χ0v) is 14.8. The average molecular weight is 349 g/mol. The van der Waals surface area contributed by atoms with E-state index in [9.17, 15) is 13.2 Å². The lowest BCUT2D eigenvalue weighted by Gasteiger charge is -2.18. The van der Waals surface area contributed by atoms with Gasteiger partial charge in [0.05, 0.1) is 4.90 Å². The Hall–Kier alpha value is -2.12. The maximum Gasteiger partial charge on any atom is 0.251 e. The van der Waals surface area contributed by atoms with E-state index in [-0.39, 0.29) is 10.8 Å². The molecule has 0 unspecified atom stereocenters. The van der Waals surface area contributed by atoms with Gasteiger partial charge in [-0.15, -0.1) is 0 Å². The summed E-state index contributed by atoms with van der Waals surface area (Å²) < 4.78 is 26.2. The number of rotatable bonds is 8. The van der Waals surface area contributed by atoms with Crippen LogP contribution in [-0.4, -0.2) is 43.2 Å². The van der Waals surface area contributed by atoms with Crippen LogP contribution in [0.1, 0.15) is 29.8 Å². The first-order chi connectivity index (χ1) is 11.5. The Labute approximate surface area is 142 Å². The van der Waals surface area contributed by atoms with Crippen molar-refractivity contribution in [3.8, 4) is 0 Å². The molecule has 0 saturated carbocycles. The van der Waals surface area contributed by atoms with E-state index in [4.69, 9.17) is 0 Å². The van der Waals surface area contributed by atoms with Crippen molar-refractivity contribution in [1.29, 1.82) is 0 Å². The number of H-pyrrole nitrogens is 1. The lowest BCUT2D eigenvalue weighted by molar-refractivity contribution is 0.0954. The Morgan fingerprint density at radius 2 is 1.79 bits per heavy atom. The van der Waals surface area contributed by atoms with Crippen molar-refractivity contribution in [3.05, 3.63) is 53.9 Å². The second-order valence-corrected chi connectivity index (χ2v) is 7.28. The first-order valence-electron chi connectivity index (χ1n) is 7.99. The quantitative estimate of drug-likeness (QED) is 0.765. The largest absolute Gasteiger partial charge is 0.367 e. The highest BCUT2D eigenvalue weighted by Gasteiger charge is 2.21. The SMILES string of the molecule is CCN(CC)S(=O)(=O)c1ccc(C(=O)NCCc2cc[nH]c2)cc1. The molecule has 1 aromatic carbocycles. The molecule has 0 aliphatic rings. The summed E-state index contributed by atoms with van der Waals surface area (Å²) in [5.74, 6) is -0.211. The summed E-state index contributed by atoms with van der Waals surface area (Å²) in [6.07, 6.45) is 4.47. The maximum atomic E-state index is 12.4. The first-order valence-corrected chi connectivity index (χ1v) is 9.43. The van der Waals surface area contributed by atoms with Crippen molar-refractivity contribution in [3.63, 3.8) is 0 Å². The van der Waals surface area contributed by atoms with Crippen molar-refractivity contribution in [2.45, 2.75) is 25.2 Å². The molecule has 0 spiro atoms. The second kappa shape index (κ2) is 8.12. The van der Waals surface area contributed by atoms with Gasteiger partial charge in [-0.2, -0.15) is 4.31 Å². The zero-order chi connectivity index (χ0) is 17.6. The fraction of sp³-hybridized carbons (Fsp3) is 0.353. The van der Waals surface area contributed by atoms with Crippen LogP contribution in [0.2, 0.25) is 0 Å². The van der Waals surface area contributed by atoms with Crippen LogP contribution >= 0.6 is 0 Å².